The van der Waals surface area contributed by atoms with Crippen LogP contribution in [0.25, 0.3) is 0 Å². The first-order valence-corrected chi connectivity index (χ1v) is 22.3. The molecule has 0 amide bonds. The maximum Gasteiger partial charge on any atom is 0.113 e. The summed E-state index contributed by atoms with van der Waals surface area (Å²) in [5.74, 6) is 1.74. The maximum absolute atomic E-state index is 6.97. The van der Waals surface area contributed by atoms with Crippen LogP contribution in [0.3, 0.4) is 0 Å². The highest BCUT2D eigenvalue weighted by molar-refractivity contribution is 7.80. The predicted molar refractivity (Wildman–Crippen MR) is 236 cm³/mol. The van der Waals surface area contributed by atoms with E-state index in [0.717, 1.165) is 63.0 Å². The zero-order valence-corrected chi connectivity index (χ0v) is 39.2. The van der Waals surface area contributed by atoms with Gasteiger partial charge in [0.05, 0.1) is 36.6 Å². The van der Waals surface area contributed by atoms with Crippen molar-refractivity contribution in [2.24, 2.45) is 16.2 Å². The van der Waals surface area contributed by atoms with Gasteiger partial charge in [-0.05, 0) is 149 Å². The van der Waals surface area contributed by atoms with Crippen molar-refractivity contribution in [2.45, 2.75) is 222 Å². The van der Waals surface area contributed by atoms with Crippen LogP contribution in [-0.2, 0) is 18.9 Å². The van der Waals surface area contributed by atoms with Gasteiger partial charge >= 0.3 is 0 Å². The van der Waals surface area contributed by atoms with Gasteiger partial charge in [-0.25, -0.2) is 0 Å². The van der Waals surface area contributed by atoms with Gasteiger partial charge < -0.3 is 24.3 Å². The van der Waals surface area contributed by atoms with Gasteiger partial charge in [-0.15, -0.1) is 0 Å². The standard InChI is InChI=1S/C44H90BNO4S2/c1-16-18-19-21-37(3,4)24-25-44(36-50-43(15,45)27-31-47-40(9,10)17-2,34-46-39(7,8)23-20-22-38(5,6)28-32-51)35-49-41(11,12)26-30-48-42(13,14)29-33-52/h46,51-52H,16-36H2,1-15H3. The lowest BCUT2D eigenvalue weighted by Gasteiger charge is -2.43. The third-order valence-corrected chi connectivity index (χ3v) is 12.0. The minimum absolute atomic E-state index is 0.0353. The van der Waals surface area contributed by atoms with Crippen LogP contribution in [0.5, 0.6) is 0 Å². The first kappa shape index (κ1) is 52.6. The molecule has 2 radical (unpaired) electrons. The third-order valence-electron chi connectivity index (χ3n) is 11.5. The van der Waals surface area contributed by atoms with Crippen LogP contribution in [0.4, 0.5) is 0 Å². The summed E-state index contributed by atoms with van der Waals surface area (Å²) in [7, 11) is 6.89. The van der Waals surface area contributed by atoms with Crippen molar-refractivity contribution in [1.82, 2.24) is 5.32 Å². The molecule has 0 aromatic carbocycles. The number of ether oxygens (including phenoxy) is 4. The molecule has 8 heteroatoms. The van der Waals surface area contributed by atoms with Crippen LogP contribution in [-0.4, -0.2) is 80.2 Å². The molecule has 0 aromatic rings. The van der Waals surface area contributed by atoms with Crippen molar-refractivity contribution < 1.29 is 18.9 Å². The van der Waals surface area contributed by atoms with E-state index in [1.54, 1.807) is 0 Å². The Morgan fingerprint density at radius 3 is 1.60 bits per heavy atom. The Balaban J connectivity index is 6.35. The van der Waals surface area contributed by atoms with E-state index in [4.69, 9.17) is 26.8 Å². The summed E-state index contributed by atoms with van der Waals surface area (Å²) in [6.45, 7) is 36.8. The predicted octanol–water partition coefficient (Wildman–Crippen LogP) is 12.0. The third kappa shape index (κ3) is 25.7. The number of hydrogen-bond acceptors (Lipinski definition) is 7. The molecule has 0 saturated carbocycles. The van der Waals surface area contributed by atoms with E-state index in [2.05, 4.69) is 128 Å². The Hall–Kier alpha value is 0.565. The smallest absolute Gasteiger partial charge is 0.113 e. The summed E-state index contributed by atoms with van der Waals surface area (Å²) in [4.78, 5) is 0. The normalized spacial score (nSPS) is 16.2. The van der Waals surface area contributed by atoms with E-state index in [1.807, 2.05) is 6.92 Å². The van der Waals surface area contributed by atoms with Crippen LogP contribution in [0, 0.1) is 16.2 Å². The largest absolute Gasteiger partial charge is 0.384 e. The summed E-state index contributed by atoms with van der Waals surface area (Å²) in [5.41, 5.74) is -1.33. The quantitative estimate of drug-likeness (QED) is 0.0352. The Labute approximate surface area is 338 Å². The molecule has 0 aliphatic carbocycles. The molecule has 310 valence electrons. The van der Waals surface area contributed by atoms with Gasteiger partial charge in [-0.2, -0.15) is 25.3 Å². The first-order chi connectivity index (χ1) is 23.7. The first-order valence-electron chi connectivity index (χ1n) is 21.0. The SMILES string of the molecule is [B]C(C)(CCOC(C)(C)CC)OCC(CCC(C)(C)CCCCC)(CNC(C)(C)CCCC(C)(C)CCS)COC(C)(C)CCOC(C)(C)CCS. The van der Waals surface area contributed by atoms with E-state index in [0.29, 0.717) is 38.3 Å². The Kier molecular flexibility index (Phi) is 24.0. The molecule has 0 aromatic heterocycles. The molecule has 52 heavy (non-hydrogen) atoms. The number of hydrogen-bond donors (Lipinski definition) is 3. The summed E-state index contributed by atoms with van der Waals surface area (Å²) >= 11 is 8.95. The lowest BCUT2D eigenvalue weighted by atomic mass is 9.74. The topological polar surface area (TPSA) is 49.0 Å². The molecule has 0 rings (SSSR count). The number of thiol groups is 2. The van der Waals surface area contributed by atoms with Crippen LogP contribution in [0.1, 0.15) is 194 Å². The van der Waals surface area contributed by atoms with Gasteiger partial charge in [-0.1, -0.05) is 67.2 Å². The Morgan fingerprint density at radius 2 is 1.02 bits per heavy atom. The molecule has 5 nitrogen and oxygen atoms in total. The molecule has 1 N–H and O–H groups in total. The van der Waals surface area contributed by atoms with Crippen molar-refractivity contribution in [3.8, 4) is 0 Å². The summed E-state index contributed by atoms with van der Waals surface area (Å²) < 4.78 is 26.3. The molecule has 0 spiro atoms. The van der Waals surface area contributed by atoms with Crippen LogP contribution < -0.4 is 5.32 Å². The molecule has 0 fully saturated rings. The van der Waals surface area contributed by atoms with Gasteiger partial charge in [0.1, 0.15) is 7.85 Å². The highest BCUT2D eigenvalue weighted by atomic mass is 32.1. The van der Waals surface area contributed by atoms with E-state index in [9.17, 15) is 0 Å². The molecular weight excluding hydrogens is 681 g/mol. The van der Waals surface area contributed by atoms with Crippen LogP contribution >= 0.6 is 25.3 Å². The second-order valence-electron chi connectivity index (χ2n) is 20.5. The molecular formula is C44H90BNO4S2. The van der Waals surface area contributed by atoms with Crippen molar-refractivity contribution in [2.75, 3.05) is 44.5 Å². The van der Waals surface area contributed by atoms with Gasteiger partial charge in [0.15, 0.2) is 0 Å². The zero-order chi connectivity index (χ0) is 40.4. The molecule has 2 atom stereocenters. The average Bonchev–Trinajstić information content (AvgIpc) is 3.00. The molecule has 0 bridgehead atoms. The van der Waals surface area contributed by atoms with E-state index >= 15 is 0 Å². The molecule has 0 saturated heterocycles. The maximum atomic E-state index is 6.97. The lowest BCUT2D eigenvalue weighted by molar-refractivity contribution is -0.126. The number of nitrogens with one attached hydrogen (secondary N) is 1. The Morgan fingerprint density at radius 1 is 0.500 bits per heavy atom. The fourth-order valence-electron chi connectivity index (χ4n) is 6.27. The van der Waals surface area contributed by atoms with Crippen LogP contribution in [0.15, 0.2) is 0 Å². The summed E-state index contributed by atoms with van der Waals surface area (Å²) in [6, 6.07) is 0. The second kappa shape index (κ2) is 23.7. The molecule has 2 unspecified atom stereocenters. The average molecular weight is 772 g/mol. The minimum Gasteiger partial charge on any atom is -0.384 e. The monoisotopic (exact) mass is 772 g/mol. The molecule has 0 heterocycles. The van der Waals surface area contributed by atoms with Crippen molar-refractivity contribution >= 4 is 33.1 Å². The van der Waals surface area contributed by atoms with Gasteiger partial charge in [0.2, 0.25) is 0 Å². The fourth-order valence-corrected chi connectivity index (χ4v) is 7.41. The van der Waals surface area contributed by atoms with Crippen molar-refractivity contribution in [3.63, 3.8) is 0 Å². The number of unbranched alkanes of at least 4 members (excludes halogenated alkanes) is 2. The van der Waals surface area contributed by atoms with Crippen molar-refractivity contribution in [3.05, 3.63) is 0 Å². The molecule has 0 aliphatic heterocycles. The highest BCUT2D eigenvalue weighted by Crippen LogP contribution is 2.38. The highest BCUT2D eigenvalue weighted by Gasteiger charge is 2.39. The molecule has 0 aliphatic rings. The number of rotatable bonds is 33. The van der Waals surface area contributed by atoms with E-state index < -0.39 is 5.50 Å². The minimum atomic E-state index is -0.818. The summed E-state index contributed by atoms with van der Waals surface area (Å²) in [6.07, 6.45) is 15.0. The van der Waals surface area contributed by atoms with Gasteiger partial charge in [0, 0.05) is 29.6 Å². The summed E-state index contributed by atoms with van der Waals surface area (Å²) in [5, 5.41) is 4.05. The lowest BCUT2D eigenvalue weighted by Crippen LogP contribution is -2.52. The van der Waals surface area contributed by atoms with Gasteiger partial charge in [-0.3, -0.25) is 0 Å². The second-order valence-corrected chi connectivity index (χ2v) is 21.4. The van der Waals surface area contributed by atoms with E-state index in [1.165, 1.54) is 38.5 Å². The fraction of sp³-hybridized carbons (Fsp3) is 1.00. The van der Waals surface area contributed by atoms with Gasteiger partial charge in [0.25, 0.3) is 0 Å². The van der Waals surface area contributed by atoms with Crippen molar-refractivity contribution in [1.29, 1.82) is 0 Å². The zero-order valence-electron chi connectivity index (χ0n) is 37.5. The van der Waals surface area contributed by atoms with Crippen LogP contribution in [0.2, 0.25) is 0 Å². The van der Waals surface area contributed by atoms with E-state index in [-0.39, 0.29) is 33.2 Å². The Bertz CT molecular complexity index is 895.